The molecule has 3 fully saturated rings. The van der Waals surface area contributed by atoms with Crippen LogP contribution in [0.25, 0.3) is 22.3 Å². The molecule has 0 unspecified atom stereocenters. The Hall–Kier alpha value is -6.64. The zero-order valence-electron chi connectivity index (χ0n) is 36.4. The minimum absolute atomic E-state index is 0.0320. The number of hydrazone groups is 1. The number of rotatable bonds is 13. The van der Waals surface area contributed by atoms with Crippen LogP contribution in [-0.2, 0) is 16.0 Å². The molecule has 15 heteroatoms. The molecule has 0 spiro atoms. The third-order valence-corrected chi connectivity index (χ3v) is 13.4. The summed E-state index contributed by atoms with van der Waals surface area (Å²) in [6, 6.07) is 16.4. The number of amides is 3. The van der Waals surface area contributed by atoms with Crippen LogP contribution < -0.4 is 29.0 Å². The number of likely N-dealkylation sites (tertiary alicyclic amines) is 1. The number of H-pyrrole nitrogens is 1. The molecule has 3 aromatic carbocycles. The zero-order valence-corrected chi connectivity index (χ0v) is 36.4. The highest BCUT2D eigenvalue weighted by atomic mass is 16.7. The lowest BCUT2D eigenvalue weighted by Gasteiger charge is -2.43. The Morgan fingerprint density at radius 1 is 0.906 bits per heavy atom. The smallest absolute Gasteiger partial charge is 0.255 e. The van der Waals surface area contributed by atoms with Crippen LogP contribution in [0, 0.1) is 24.7 Å². The van der Waals surface area contributed by atoms with Gasteiger partial charge in [0.05, 0.1) is 49.2 Å². The molecular weight excluding hydrogens is 815 g/mol. The number of aryl methyl sites for hydroxylation is 1. The number of nitrogens with one attached hydrogen (secondary N) is 2. The summed E-state index contributed by atoms with van der Waals surface area (Å²) in [5.41, 5.74) is 6.14. The van der Waals surface area contributed by atoms with E-state index in [9.17, 15) is 14.4 Å². The van der Waals surface area contributed by atoms with E-state index in [1.54, 1.807) is 25.4 Å². The third kappa shape index (κ3) is 7.96. The Balaban J connectivity index is 0.895. The molecular formula is C49H53N7O8. The van der Waals surface area contributed by atoms with Gasteiger partial charge in [-0.3, -0.25) is 14.4 Å². The molecule has 0 bridgehead atoms. The Labute approximate surface area is 371 Å². The molecule has 5 heterocycles. The second-order valence-corrected chi connectivity index (χ2v) is 17.6. The van der Waals surface area contributed by atoms with E-state index in [0.717, 1.165) is 60.9 Å². The van der Waals surface area contributed by atoms with E-state index in [1.165, 1.54) is 6.33 Å². The molecule has 2 N–H and O–H groups in total. The summed E-state index contributed by atoms with van der Waals surface area (Å²) < 4.78 is 29.1. The van der Waals surface area contributed by atoms with E-state index in [1.807, 2.05) is 66.4 Å². The van der Waals surface area contributed by atoms with Gasteiger partial charge in [0.15, 0.2) is 23.0 Å². The molecule has 3 amide bonds. The molecule has 5 aliphatic rings. The number of hydrogen-bond acceptors (Lipinski definition) is 11. The summed E-state index contributed by atoms with van der Waals surface area (Å²) in [5.74, 6) is 2.80. The number of aromatic amines is 1. The Morgan fingerprint density at radius 2 is 1.70 bits per heavy atom. The average molecular weight is 868 g/mol. The van der Waals surface area contributed by atoms with Crippen molar-refractivity contribution in [3.63, 3.8) is 0 Å². The number of carbonyl (C=O) groups excluding carboxylic acids is 3. The van der Waals surface area contributed by atoms with Crippen molar-refractivity contribution in [3.05, 3.63) is 89.4 Å². The van der Waals surface area contributed by atoms with Gasteiger partial charge in [-0.15, -0.1) is 0 Å². The van der Waals surface area contributed by atoms with Gasteiger partial charge < -0.3 is 38.9 Å². The summed E-state index contributed by atoms with van der Waals surface area (Å²) >= 11 is 0. The van der Waals surface area contributed by atoms with Crippen molar-refractivity contribution in [1.82, 2.24) is 30.2 Å². The molecule has 5 aromatic rings. The number of aromatic nitrogens is 3. The lowest BCUT2D eigenvalue weighted by molar-refractivity contribution is -0.143. The number of hydrogen-bond donors (Lipinski definition) is 2. The van der Waals surface area contributed by atoms with Crippen molar-refractivity contribution in [2.45, 2.75) is 76.8 Å². The molecule has 2 aliphatic carbocycles. The SMILES string of the molecule is COc1ccc(C2=NN(C3CCN(C(=O)[C@@H](Cc4cccc(C)c4)NC(=O)c4c[nH]c5c(-c6c(OCC7CC7)ccc7c6OCO7)ncnc45)CC3)C(=O)[C@@H]3CCCC[C@H]23)cc1OC. The van der Waals surface area contributed by atoms with Gasteiger partial charge in [0, 0.05) is 43.1 Å². The summed E-state index contributed by atoms with van der Waals surface area (Å²) in [4.78, 5) is 57.5. The summed E-state index contributed by atoms with van der Waals surface area (Å²) in [6.07, 6.45) is 10.5. The van der Waals surface area contributed by atoms with Crippen molar-refractivity contribution in [2.24, 2.45) is 22.9 Å². The number of fused-ring (bicyclic) bond motifs is 3. The number of nitrogens with zero attached hydrogens (tertiary/aromatic N) is 5. The van der Waals surface area contributed by atoms with Gasteiger partial charge in [-0.05, 0) is 87.3 Å². The van der Waals surface area contributed by atoms with Crippen LogP contribution in [0.4, 0.5) is 0 Å². The van der Waals surface area contributed by atoms with Crippen LogP contribution in [0.5, 0.6) is 28.7 Å². The monoisotopic (exact) mass is 867 g/mol. The van der Waals surface area contributed by atoms with Gasteiger partial charge in [-0.2, -0.15) is 5.10 Å². The van der Waals surface area contributed by atoms with Crippen LogP contribution in [0.1, 0.15) is 78.4 Å². The van der Waals surface area contributed by atoms with Crippen molar-refractivity contribution in [2.75, 3.05) is 40.7 Å². The standard InChI is InChI=1S/C49H53N7O8/c1-28-7-6-8-30(21-28)22-36(53-47(57)35-24-50-45-43(35)51-26-52-44(45)41-38(62-25-29-11-12-29)15-16-39-46(41)64-27-63-39)49(59)55-19-17-32(18-20-55)56-48(58)34-10-5-4-9-33(34)42(54-56)31-13-14-37(60-2)40(23-31)61-3/h6-8,13-16,21,23-24,26,29,32-34,36,50H,4-5,9-12,17-20,22,25,27H2,1-3H3,(H,53,57)/t33-,34+,36+/m0/s1. The maximum Gasteiger partial charge on any atom is 0.255 e. The van der Waals surface area contributed by atoms with Gasteiger partial charge in [-0.1, -0.05) is 42.7 Å². The largest absolute Gasteiger partial charge is 0.493 e. The highest BCUT2D eigenvalue weighted by Crippen LogP contribution is 2.48. The Bertz CT molecular complexity index is 2630. The topological polar surface area (TPSA) is 170 Å². The second-order valence-electron chi connectivity index (χ2n) is 17.6. The van der Waals surface area contributed by atoms with Crippen molar-refractivity contribution < 1.29 is 38.1 Å². The first kappa shape index (κ1) is 41.4. The highest BCUT2D eigenvalue weighted by Gasteiger charge is 2.44. The first-order valence-electron chi connectivity index (χ1n) is 22.4. The minimum atomic E-state index is -0.878. The maximum absolute atomic E-state index is 14.6. The lowest BCUT2D eigenvalue weighted by atomic mass is 9.73. The summed E-state index contributed by atoms with van der Waals surface area (Å²) in [5, 5.41) is 9.92. The Morgan fingerprint density at radius 3 is 2.48 bits per heavy atom. The van der Waals surface area contributed by atoms with E-state index in [-0.39, 0.29) is 48.5 Å². The van der Waals surface area contributed by atoms with Crippen LogP contribution in [0.15, 0.2) is 72.2 Å². The zero-order chi connectivity index (χ0) is 43.9. The number of benzene rings is 3. The van der Waals surface area contributed by atoms with Crippen molar-refractivity contribution >= 4 is 34.5 Å². The molecule has 1 saturated heterocycles. The minimum Gasteiger partial charge on any atom is -0.493 e. The van der Waals surface area contributed by atoms with E-state index in [4.69, 9.17) is 28.8 Å². The predicted octanol–water partition coefficient (Wildman–Crippen LogP) is 6.85. The molecule has 15 nitrogen and oxygen atoms in total. The molecule has 10 rings (SSSR count). The molecule has 64 heavy (non-hydrogen) atoms. The van der Waals surface area contributed by atoms with Gasteiger partial charge in [0.25, 0.3) is 5.91 Å². The molecule has 2 saturated carbocycles. The molecule has 332 valence electrons. The fourth-order valence-corrected chi connectivity index (χ4v) is 9.85. The third-order valence-electron chi connectivity index (χ3n) is 13.4. The number of ether oxygens (including phenoxy) is 5. The van der Waals surface area contributed by atoms with Crippen LogP contribution in [0.2, 0.25) is 0 Å². The van der Waals surface area contributed by atoms with E-state index < -0.39 is 11.9 Å². The normalized spacial score (nSPS) is 20.1. The quantitative estimate of drug-likeness (QED) is 0.128. The molecule has 2 aromatic heterocycles. The van der Waals surface area contributed by atoms with Gasteiger partial charge >= 0.3 is 0 Å². The fourth-order valence-electron chi connectivity index (χ4n) is 9.85. The van der Waals surface area contributed by atoms with Gasteiger partial charge in [0.2, 0.25) is 18.6 Å². The lowest BCUT2D eigenvalue weighted by Crippen LogP contribution is -2.55. The molecule has 3 atom stereocenters. The first-order valence-corrected chi connectivity index (χ1v) is 22.4. The first-order chi connectivity index (χ1) is 31.3. The highest BCUT2D eigenvalue weighted by molar-refractivity contribution is 6.09. The summed E-state index contributed by atoms with van der Waals surface area (Å²) in [6.45, 7) is 3.47. The summed E-state index contributed by atoms with van der Waals surface area (Å²) in [7, 11) is 3.23. The van der Waals surface area contributed by atoms with Crippen molar-refractivity contribution in [3.8, 4) is 40.0 Å². The maximum atomic E-state index is 14.6. The van der Waals surface area contributed by atoms with Gasteiger partial charge in [0.1, 0.15) is 29.3 Å². The van der Waals surface area contributed by atoms with Crippen LogP contribution in [-0.4, -0.2) is 101 Å². The number of piperidine rings is 1. The van der Waals surface area contributed by atoms with E-state index in [2.05, 4.69) is 20.3 Å². The number of methoxy groups -OCH3 is 2. The van der Waals surface area contributed by atoms with Crippen LogP contribution in [0.3, 0.4) is 0 Å². The Kier molecular flexibility index (Phi) is 11.3. The molecule has 3 aliphatic heterocycles. The van der Waals surface area contributed by atoms with E-state index in [0.29, 0.717) is 89.5 Å². The van der Waals surface area contributed by atoms with Crippen molar-refractivity contribution in [1.29, 1.82) is 0 Å². The van der Waals surface area contributed by atoms with Crippen LogP contribution >= 0.6 is 0 Å². The molecule has 0 radical (unpaired) electrons. The fraction of sp³-hybridized carbons (Fsp3) is 0.429. The number of carbonyl (C=O) groups is 3. The van der Waals surface area contributed by atoms with E-state index >= 15 is 0 Å². The predicted molar refractivity (Wildman–Crippen MR) is 238 cm³/mol. The average Bonchev–Trinajstić information content (AvgIpc) is 3.85. The van der Waals surface area contributed by atoms with Gasteiger partial charge in [-0.25, -0.2) is 15.0 Å². The second kappa shape index (κ2) is 17.5.